The number of benzene rings is 2. The van der Waals surface area contributed by atoms with Crippen LogP contribution in [-0.4, -0.2) is 21.3 Å². The summed E-state index contributed by atoms with van der Waals surface area (Å²) in [5.74, 6) is 2.13. The Balaban J connectivity index is 2.11. The Morgan fingerprint density at radius 3 is 2.00 bits per heavy atom. The molecule has 5 heteroatoms. The molecular weight excluding hydrogens is 268 g/mol. The molecule has 0 amide bonds. The smallest absolute Gasteiger partial charge is 0.130 e. The van der Waals surface area contributed by atoms with E-state index in [4.69, 9.17) is 14.2 Å². The van der Waals surface area contributed by atoms with E-state index in [2.05, 4.69) is 10.9 Å². The van der Waals surface area contributed by atoms with Crippen molar-refractivity contribution in [2.24, 2.45) is 0 Å². The van der Waals surface area contributed by atoms with Crippen LogP contribution in [0.5, 0.6) is 17.2 Å². The molecule has 0 radical (unpaired) electrons. The molecule has 0 spiro atoms. The van der Waals surface area contributed by atoms with E-state index in [0.29, 0.717) is 23.8 Å². The standard InChI is InChI=1S/C16H20N2O3/c1-19-13-9-15(20-2)14(16(10-13)21-3)11-17-18-12-7-5-4-6-8-12/h4-10,17-18H,11H2,1-3H3. The number of anilines is 1. The molecule has 0 aliphatic heterocycles. The third-order valence-electron chi connectivity index (χ3n) is 3.09. The fourth-order valence-corrected chi connectivity index (χ4v) is 2.01. The Morgan fingerprint density at radius 2 is 1.48 bits per heavy atom. The summed E-state index contributed by atoms with van der Waals surface area (Å²) < 4.78 is 16.0. The fraction of sp³-hybridized carbons (Fsp3) is 0.250. The highest BCUT2D eigenvalue weighted by atomic mass is 16.5. The molecule has 0 aliphatic rings. The second kappa shape index (κ2) is 7.40. The molecule has 0 aliphatic carbocycles. The largest absolute Gasteiger partial charge is 0.496 e. The monoisotopic (exact) mass is 288 g/mol. The number of nitrogens with one attached hydrogen (secondary N) is 2. The summed E-state index contributed by atoms with van der Waals surface area (Å²) in [6.45, 7) is 0.547. The molecular formula is C16H20N2O3. The van der Waals surface area contributed by atoms with Crippen LogP contribution in [0.25, 0.3) is 0 Å². The summed E-state index contributed by atoms with van der Waals surface area (Å²) in [5, 5.41) is 0. The minimum atomic E-state index is 0.547. The average molecular weight is 288 g/mol. The summed E-state index contributed by atoms with van der Waals surface area (Å²) in [6.07, 6.45) is 0. The summed E-state index contributed by atoms with van der Waals surface area (Å²) in [7, 11) is 4.87. The maximum atomic E-state index is 5.41. The third kappa shape index (κ3) is 3.79. The van der Waals surface area contributed by atoms with Gasteiger partial charge in [0.1, 0.15) is 17.2 Å². The molecule has 112 valence electrons. The highest BCUT2D eigenvalue weighted by Gasteiger charge is 2.12. The van der Waals surface area contributed by atoms with Crippen molar-refractivity contribution in [2.75, 3.05) is 26.8 Å². The Bertz CT molecular complexity index is 548. The number of ether oxygens (including phenoxy) is 3. The van der Waals surface area contributed by atoms with Crippen LogP contribution in [0.1, 0.15) is 5.56 Å². The number of hydrogen-bond donors (Lipinski definition) is 2. The summed E-state index contributed by atoms with van der Waals surface area (Å²) >= 11 is 0. The van der Waals surface area contributed by atoms with E-state index < -0.39 is 0 Å². The highest BCUT2D eigenvalue weighted by molar-refractivity contribution is 5.51. The second-order valence-corrected chi connectivity index (χ2v) is 4.36. The molecule has 0 bridgehead atoms. The van der Waals surface area contributed by atoms with Gasteiger partial charge in [0.05, 0.1) is 26.9 Å². The van der Waals surface area contributed by atoms with Gasteiger partial charge in [-0.25, -0.2) is 5.43 Å². The van der Waals surface area contributed by atoms with E-state index in [1.165, 1.54) is 0 Å². The van der Waals surface area contributed by atoms with E-state index >= 15 is 0 Å². The lowest BCUT2D eigenvalue weighted by Crippen LogP contribution is -2.21. The van der Waals surface area contributed by atoms with E-state index in [1.807, 2.05) is 42.5 Å². The lowest BCUT2D eigenvalue weighted by atomic mass is 10.1. The molecule has 21 heavy (non-hydrogen) atoms. The van der Waals surface area contributed by atoms with Crippen molar-refractivity contribution in [1.82, 2.24) is 5.43 Å². The molecule has 0 heterocycles. The van der Waals surface area contributed by atoms with E-state index in [9.17, 15) is 0 Å². The van der Waals surface area contributed by atoms with Crippen LogP contribution >= 0.6 is 0 Å². The Labute approximate surface area is 124 Å². The molecule has 0 unspecified atom stereocenters. The van der Waals surface area contributed by atoms with Crippen LogP contribution < -0.4 is 25.1 Å². The number of para-hydroxylation sites is 1. The van der Waals surface area contributed by atoms with Crippen LogP contribution in [0.4, 0.5) is 5.69 Å². The first-order valence-electron chi connectivity index (χ1n) is 6.61. The molecule has 0 fully saturated rings. The second-order valence-electron chi connectivity index (χ2n) is 4.36. The van der Waals surface area contributed by atoms with Gasteiger partial charge in [0, 0.05) is 24.4 Å². The fourth-order valence-electron chi connectivity index (χ4n) is 2.01. The van der Waals surface area contributed by atoms with Crippen LogP contribution in [0.3, 0.4) is 0 Å². The molecule has 2 rings (SSSR count). The van der Waals surface area contributed by atoms with Gasteiger partial charge in [-0.15, -0.1) is 0 Å². The zero-order valence-corrected chi connectivity index (χ0v) is 12.5. The van der Waals surface area contributed by atoms with Gasteiger partial charge in [-0.3, -0.25) is 0 Å². The quantitative estimate of drug-likeness (QED) is 0.767. The molecule has 2 N–H and O–H groups in total. The van der Waals surface area contributed by atoms with E-state index in [0.717, 1.165) is 11.3 Å². The lowest BCUT2D eigenvalue weighted by Gasteiger charge is -2.16. The summed E-state index contributed by atoms with van der Waals surface area (Å²) in [4.78, 5) is 0. The maximum Gasteiger partial charge on any atom is 0.130 e. The lowest BCUT2D eigenvalue weighted by molar-refractivity contribution is 0.367. The Morgan fingerprint density at radius 1 is 0.857 bits per heavy atom. The number of hydrogen-bond acceptors (Lipinski definition) is 5. The SMILES string of the molecule is COc1cc(OC)c(CNNc2ccccc2)c(OC)c1. The average Bonchev–Trinajstić information content (AvgIpc) is 2.55. The van der Waals surface area contributed by atoms with Crippen LogP contribution in [0, 0.1) is 0 Å². The molecule has 2 aromatic carbocycles. The van der Waals surface area contributed by atoms with Crippen LogP contribution in [0.2, 0.25) is 0 Å². The van der Waals surface area contributed by atoms with Gasteiger partial charge in [0.15, 0.2) is 0 Å². The zero-order valence-electron chi connectivity index (χ0n) is 12.5. The third-order valence-corrected chi connectivity index (χ3v) is 3.09. The van der Waals surface area contributed by atoms with Crippen molar-refractivity contribution >= 4 is 5.69 Å². The molecule has 0 aromatic heterocycles. The Hall–Kier alpha value is -2.40. The van der Waals surface area contributed by atoms with Gasteiger partial charge in [-0.05, 0) is 12.1 Å². The van der Waals surface area contributed by atoms with Gasteiger partial charge in [0.25, 0.3) is 0 Å². The summed E-state index contributed by atoms with van der Waals surface area (Å²) in [5.41, 5.74) is 8.20. The van der Waals surface area contributed by atoms with Crippen molar-refractivity contribution in [3.63, 3.8) is 0 Å². The van der Waals surface area contributed by atoms with Gasteiger partial charge in [0.2, 0.25) is 0 Å². The molecule has 0 saturated heterocycles. The van der Waals surface area contributed by atoms with Crippen molar-refractivity contribution < 1.29 is 14.2 Å². The van der Waals surface area contributed by atoms with Gasteiger partial charge in [-0.1, -0.05) is 18.2 Å². The first-order chi connectivity index (χ1) is 10.3. The van der Waals surface area contributed by atoms with Crippen molar-refractivity contribution in [2.45, 2.75) is 6.54 Å². The van der Waals surface area contributed by atoms with Crippen molar-refractivity contribution in [3.8, 4) is 17.2 Å². The zero-order chi connectivity index (χ0) is 15.1. The minimum absolute atomic E-state index is 0.547. The molecule has 5 nitrogen and oxygen atoms in total. The van der Waals surface area contributed by atoms with Gasteiger partial charge >= 0.3 is 0 Å². The van der Waals surface area contributed by atoms with E-state index in [-0.39, 0.29) is 0 Å². The molecule has 2 aromatic rings. The van der Waals surface area contributed by atoms with Crippen molar-refractivity contribution in [3.05, 3.63) is 48.0 Å². The maximum absolute atomic E-state index is 5.41. The Kier molecular flexibility index (Phi) is 5.29. The van der Waals surface area contributed by atoms with Gasteiger partial charge in [-0.2, -0.15) is 0 Å². The van der Waals surface area contributed by atoms with E-state index in [1.54, 1.807) is 21.3 Å². The first-order valence-corrected chi connectivity index (χ1v) is 6.61. The predicted octanol–water partition coefficient (Wildman–Crippen LogP) is 2.83. The number of hydrazine groups is 1. The van der Waals surface area contributed by atoms with Gasteiger partial charge < -0.3 is 19.6 Å². The number of methoxy groups -OCH3 is 3. The number of rotatable bonds is 7. The molecule has 0 saturated carbocycles. The first kappa shape index (κ1) is 15.0. The summed E-state index contributed by atoms with van der Waals surface area (Å²) in [6, 6.07) is 13.5. The normalized spacial score (nSPS) is 10.0. The van der Waals surface area contributed by atoms with Crippen LogP contribution in [0.15, 0.2) is 42.5 Å². The minimum Gasteiger partial charge on any atom is -0.496 e. The predicted molar refractivity (Wildman–Crippen MR) is 83.0 cm³/mol. The molecule has 0 atom stereocenters. The topological polar surface area (TPSA) is 51.8 Å². The highest BCUT2D eigenvalue weighted by Crippen LogP contribution is 2.33. The van der Waals surface area contributed by atoms with Crippen molar-refractivity contribution in [1.29, 1.82) is 0 Å². The van der Waals surface area contributed by atoms with Crippen LogP contribution in [-0.2, 0) is 6.54 Å².